The van der Waals surface area contributed by atoms with Crippen LogP contribution in [0.25, 0.3) is 0 Å². The third kappa shape index (κ3) is 3.18. The van der Waals surface area contributed by atoms with E-state index in [0.29, 0.717) is 13.1 Å². The molecule has 1 heterocycles. The third-order valence-corrected chi connectivity index (χ3v) is 3.15. The standard InChI is InChI=1S/C11H22N2O2/c1-4-9(5-2)12-11(15)8(3)13-6-10(14)7-13/h8-10,14H,4-7H2,1-3H3,(H,12,15). The summed E-state index contributed by atoms with van der Waals surface area (Å²) in [6.45, 7) is 7.29. The van der Waals surface area contributed by atoms with E-state index in [4.69, 9.17) is 5.11 Å². The molecule has 0 saturated carbocycles. The maximum Gasteiger partial charge on any atom is 0.237 e. The Hall–Kier alpha value is -0.610. The van der Waals surface area contributed by atoms with Gasteiger partial charge in [0, 0.05) is 19.1 Å². The average Bonchev–Trinajstić information content (AvgIpc) is 2.20. The fourth-order valence-corrected chi connectivity index (χ4v) is 1.78. The van der Waals surface area contributed by atoms with E-state index < -0.39 is 0 Å². The van der Waals surface area contributed by atoms with Crippen molar-refractivity contribution in [3.63, 3.8) is 0 Å². The molecule has 0 spiro atoms. The van der Waals surface area contributed by atoms with E-state index in [2.05, 4.69) is 19.2 Å². The maximum atomic E-state index is 11.8. The molecular formula is C11H22N2O2. The Balaban J connectivity index is 2.32. The van der Waals surface area contributed by atoms with Gasteiger partial charge in [-0.1, -0.05) is 13.8 Å². The molecule has 1 fully saturated rings. The van der Waals surface area contributed by atoms with Gasteiger partial charge in [-0.25, -0.2) is 0 Å². The summed E-state index contributed by atoms with van der Waals surface area (Å²) in [6, 6.07) is 0.167. The number of rotatable bonds is 5. The molecule has 1 unspecified atom stereocenters. The number of β-amino-alcohol motifs (C(OH)–C–C–N with tert-alkyl or cyclic N) is 1. The largest absolute Gasteiger partial charge is 0.390 e. The van der Waals surface area contributed by atoms with Crippen molar-refractivity contribution in [1.29, 1.82) is 0 Å². The van der Waals surface area contributed by atoms with Crippen LogP contribution in [-0.4, -0.2) is 47.2 Å². The molecule has 15 heavy (non-hydrogen) atoms. The molecule has 1 aliphatic rings. The fourth-order valence-electron chi connectivity index (χ4n) is 1.78. The Morgan fingerprint density at radius 3 is 2.40 bits per heavy atom. The van der Waals surface area contributed by atoms with Crippen LogP contribution in [0.5, 0.6) is 0 Å². The summed E-state index contributed by atoms with van der Waals surface area (Å²) in [4.78, 5) is 13.8. The van der Waals surface area contributed by atoms with Crippen LogP contribution in [0, 0.1) is 0 Å². The molecule has 0 bridgehead atoms. The molecule has 0 aromatic rings. The molecule has 4 heteroatoms. The molecule has 0 aliphatic carbocycles. The van der Waals surface area contributed by atoms with Gasteiger partial charge in [-0.15, -0.1) is 0 Å². The van der Waals surface area contributed by atoms with Crippen LogP contribution in [-0.2, 0) is 4.79 Å². The highest BCUT2D eigenvalue weighted by molar-refractivity contribution is 5.81. The lowest BCUT2D eigenvalue weighted by Gasteiger charge is -2.39. The number of carbonyl (C=O) groups is 1. The molecule has 0 radical (unpaired) electrons. The number of likely N-dealkylation sites (tertiary alicyclic amines) is 1. The van der Waals surface area contributed by atoms with Gasteiger partial charge in [-0.05, 0) is 19.8 Å². The number of aliphatic hydroxyl groups excluding tert-OH is 1. The highest BCUT2D eigenvalue weighted by atomic mass is 16.3. The zero-order valence-corrected chi connectivity index (χ0v) is 9.86. The van der Waals surface area contributed by atoms with Crippen molar-refractivity contribution in [2.75, 3.05) is 13.1 Å². The second kappa shape index (κ2) is 5.47. The minimum Gasteiger partial charge on any atom is -0.390 e. The van der Waals surface area contributed by atoms with Crippen LogP contribution < -0.4 is 5.32 Å². The van der Waals surface area contributed by atoms with Crippen molar-refractivity contribution in [2.24, 2.45) is 0 Å². The van der Waals surface area contributed by atoms with E-state index in [0.717, 1.165) is 12.8 Å². The first kappa shape index (κ1) is 12.5. The third-order valence-electron chi connectivity index (χ3n) is 3.15. The number of amides is 1. The topological polar surface area (TPSA) is 52.6 Å². The Morgan fingerprint density at radius 2 is 2.00 bits per heavy atom. The number of carbonyl (C=O) groups excluding carboxylic acids is 1. The minimum atomic E-state index is -0.242. The van der Waals surface area contributed by atoms with Crippen LogP contribution in [0.2, 0.25) is 0 Å². The van der Waals surface area contributed by atoms with E-state index in [-0.39, 0.29) is 24.1 Å². The predicted molar refractivity (Wildman–Crippen MR) is 59.6 cm³/mol. The summed E-state index contributed by atoms with van der Waals surface area (Å²) in [5.41, 5.74) is 0. The number of nitrogens with zero attached hydrogens (tertiary/aromatic N) is 1. The molecule has 4 nitrogen and oxygen atoms in total. The van der Waals surface area contributed by atoms with Gasteiger partial charge in [0.1, 0.15) is 0 Å². The van der Waals surface area contributed by atoms with Gasteiger partial charge in [0.25, 0.3) is 0 Å². The molecule has 1 saturated heterocycles. The highest BCUT2D eigenvalue weighted by Gasteiger charge is 2.32. The molecule has 0 aromatic carbocycles. The van der Waals surface area contributed by atoms with Crippen molar-refractivity contribution in [2.45, 2.75) is 51.8 Å². The lowest BCUT2D eigenvalue weighted by atomic mass is 10.1. The molecule has 1 rings (SSSR count). The number of aliphatic hydroxyl groups is 1. The molecule has 1 amide bonds. The van der Waals surface area contributed by atoms with Gasteiger partial charge in [0.2, 0.25) is 5.91 Å². The van der Waals surface area contributed by atoms with E-state index in [1.165, 1.54) is 0 Å². The second-order valence-electron chi connectivity index (χ2n) is 4.31. The monoisotopic (exact) mass is 214 g/mol. The zero-order valence-electron chi connectivity index (χ0n) is 9.86. The Labute approximate surface area is 91.6 Å². The smallest absolute Gasteiger partial charge is 0.237 e. The first-order valence-electron chi connectivity index (χ1n) is 5.80. The van der Waals surface area contributed by atoms with Crippen molar-refractivity contribution >= 4 is 5.91 Å². The molecule has 2 N–H and O–H groups in total. The van der Waals surface area contributed by atoms with Crippen molar-refractivity contribution in [1.82, 2.24) is 10.2 Å². The fraction of sp³-hybridized carbons (Fsp3) is 0.909. The van der Waals surface area contributed by atoms with E-state index in [1.54, 1.807) is 0 Å². The molecule has 1 atom stereocenters. The Bertz CT molecular complexity index is 211. The van der Waals surface area contributed by atoms with Gasteiger partial charge in [0.05, 0.1) is 12.1 Å². The predicted octanol–water partition coefficient (Wildman–Crippen LogP) is 0.356. The molecular weight excluding hydrogens is 192 g/mol. The lowest BCUT2D eigenvalue weighted by molar-refractivity contribution is -0.131. The first-order chi connectivity index (χ1) is 7.08. The van der Waals surface area contributed by atoms with Gasteiger partial charge >= 0.3 is 0 Å². The Kier molecular flexibility index (Phi) is 4.54. The summed E-state index contributed by atoms with van der Waals surface area (Å²) in [5.74, 6) is 0.0793. The summed E-state index contributed by atoms with van der Waals surface area (Å²) in [5, 5.41) is 12.2. The maximum absolute atomic E-state index is 11.8. The average molecular weight is 214 g/mol. The summed E-state index contributed by atoms with van der Waals surface area (Å²) in [6.07, 6.45) is 1.70. The summed E-state index contributed by atoms with van der Waals surface area (Å²) < 4.78 is 0. The first-order valence-corrected chi connectivity index (χ1v) is 5.80. The van der Waals surface area contributed by atoms with Crippen LogP contribution in [0.4, 0.5) is 0 Å². The SMILES string of the molecule is CCC(CC)NC(=O)C(C)N1CC(O)C1. The van der Waals surface area contributed by atoms with Crippen LogP contribution in [0.15, 0.2) is 0 Å². The summed E-state index contributed by atoms with van der Waals surface area (Å²) >= 11 is 0. The quantitative estimate of drug-likeness (QED) is 0.694. The van der Waals surface area contributed by atoms with Crippen LogP contribution in [0.3, 0.4) is 0 Å². The molecule has 88 valence electrons. The van der Waals surface area contributed by atoms with Crippen molar-refractivity contribution < 1.29 is 9.90 Å². The van der Waals surface area contributed by atoms with E-state index in [1.807, 2.05) is 11.8 Å². The number of hydrogen-bond acceptors (Lipinski definition) is 3. The zero-order chi connectivity index (χ0) is 11.4. The molecule has 1 aliphatic heterocycles. The van der Waals surface area contributed by atoms with Crippen LogP contribution >= 0.6 is 0 Å². The van der Waals surface area contributed by atoms with Crippen molar-refractivity contribution in [3.8, 4) is 0 Å². The normalized spacial score (nSPS) is 20.1. The van der Waals surface area contributed by atoms with E-state index in [9.17, 15) is 4.79 Å². The van der Waals surface area contributed by atoms with Crippen molar-refractivity contribution in [3.05, 3.63) is 0 Å². The van der Waals surface area contributed by atoms with Gasteiger partial charge in [-0.2, -0.15) is 0 Å². The highest BCUT2D eigenvalue weighted by Crippen LogP contribution is 2.12. The molecule has 0 aromatic heterocycles. The van der Waals surface area contributed by atoms with Gasteiger partial charge < -0.3 is 10.4 Å². The van der Waals surface area contributed by atoms with E-state index >= 15 is 0 Å². The summed E-state index contributed by atoms with van der Waals surface area (Å²) in [7, 11) is 0. The van der Waals surface area contributed by atoms with Gasteiger partial charge in [0.15, 0.2) is 0 Å². The second-order valence-corrected chi connectivity index (χ2v) is 4.31. The minimum absolute atomic E-state index is 0.0793. The Morgan fingerprint density at radius 1 is 1.47 bits per heavy atom. The van der Waals surface area contributed by atoms with Crippen LogP contribution in [0.1, 0.15) is 33.6 Å². The number of nitrogens with one attached hydrogen (secondary N) is 1. The van der Waals surface area contributed by atoms with Gasteiger partial charge in [-0.3, -0.25) is 9.69 Å². The lowest BCUT2D eigenvalue weighted by Crippen LogP contribution is -2.59. The number of hydrogen-bond donors (Lipinski definition) is 2.